The van der Waals surface area contributed by atoms with Crippen LogP contribution in [0.3, 0.4) is 0 Å². The van der Waals surface area contributed by atoms with Gasteiger partial charge >= 0.3 is 0 Å². The summed E-state index contributed by atoms with van der Waals surface area (Å²) in [6.07, 6.45) is 7.70. The molecule has 4 aliphatic rings. The monoisotopic (exact) mass is 1650 g/mol. The van der Waals surface area contributed by atoms with E-state index in [0.29, 0.717) is 142 Å². The van der Waals surface area contributed by atoms with E-state index in [1.54, 1.807) is 20.8 Å². The van der Waals surface area contributed by atoms with E-state index >= 15 is 0 Å². The molecule has 0 bridgehead atoms. The van der Waals surface area contributed by atoms with Crippen molar-refractivity contribution in [3.63, 3.8) is 0 Å². The van der Waals surface area contributed by atoms with Crippen LogP contribution in [0, 0.1) is 28.6 Å². The van der Waals surface area contributed by atoms with Crippen LogP contribution in [0.4, 0.5) is 0 Å². The van der Waals surface area contributed by atoms with E-state index < -0.39 is 123 Å². The van der Waals surface area contributed by atoms with Crippen LogP contribution in [0.5, 0.6) is 0 Å². The zero-order valence-corrected chi connectivity index (χ0v) is 70.4. The lowest BCUT2D eigenvalue weighted by Gasteiger charge is -2.40. The summed E-state index contributed by atoms with van der Waals surface area (Å²) in [5.41, 5.74) is -0.922. The standard InChI is InChI=1S/C85H151N3O27/c1-59-75(101)78(104)69(53-89)113-81(59)110-44-24-21-32-63(92)28-16-13-18-30-65(94)38-47-107-56-85(51-67(96)34-15-11-9-7-8-10-12-20-36-74(100)88-52-68(97)50-62(88)37-41-84(4,5)6,57-108-48-39-66(95)31-19-14-17-29-64(93)33-22-25-45-111-82-60(2)76(102)79(105)70(54-90)114-82)58-109-49-40-73(99)87-43-27-42-86-72(98)35-23-26-46-112-83-61(3)77(103)80(106)71(55-91)115-83/h59-62,68-71,75-83,89-91,97,101-106H,7-58H2,1-6H3,(H,86,98)(H,87,99)/t59?,60?,61?,62-,68-,69?,70?,71?,75?,76?,77?,78?,79?,80?,81?,82?,83?,85?/m1/s1. The van der Waals surface area contributed by atoms with Gasteiger partial charge in [0.05, 0.1) is 83.9 Å². The van der Waals surface area contributed by atoms with Crippen LogP contribution < -0.4 is 10.6 Å². The molecule has 0 aliphatic carbocycles. The predicted molar refractivity (Wildman–Crippen MR) is 426 cm³/mol. The fourth-order valence-electron chi connectivity index (χ4n) is 15.0. The van der Waals surface area contributed by atoms with Gasteiger partial charge in [-0.05, 0) is 108 Å². The highest BCUT2D eigenvalue weighted by Gasteiger charge is 2.45. The van der Waals surface area contributed by atoms with Crippen molar-refractivity contribution in [3.8, 4) is 0 Å². The highest BCUT2D eigenvalue weighted by molar-refractivity contribution is 5.81. The molecular formula is C85H151N3O27. The fraction of sp³-hybridized carbons (Fsp3) is 0.906. The molecule has 115 heavy (non-hydrogen) atoms. The molecule has 30 nitrogen and oxygen atoms in total. The van der Waals surface area contributed by atoms with Crippen molar-refractivity contribution in [1.29, 1.82) is 0 Å². The van der Waals surface area contributed by atoms with E-state index in [1.165, 1.54) is 0 Å². The molecule has 4 heterocycles. The quantitative estimate of drug-likeness (QED) is 0.0292. The number of unbranched alkanes of at least 4 members (excludes halogenated alkanes) is 14. The van der Waals surface area contributed by atoms with Gasteiger partial charge in [-0.25, -0.2) is 0 Å². The number of aliphatic hydroxyl groups excluding tert-OH is 10. The van der Waals surface area contributed by atoms with E-state index in [9.17, 15) is 89.4 Å². The van der Waals surface area contributed by atoms with Crippen LogP contribution in [0.1, 0.15) is 279 Å². The SMILES string of the molecule is CC1C(OCCCCC(=O)CCCCCC(=O)CCOCC(COCCC(=O)CCCCCC(=O)CCCCOC2OC(CO)C(O)C(O)C2C)(COCCC(=O)NCCCNC(=O)CCCCOC2OC(CO)C(O)C(O)C2C)CC(=O)CCCCCCCCCCC(=O)N2C[C@H](O)C[C@H]2CCC(C)(C)C)OC(CO)C(O)C1O. The second kappa shape index (κ2) is 58.9. The van der Waals surface area contributed by atoms with Gasteiger partial charge < -0.3 is 109 Å². The molecule has 4 rings (SSSR count). The van der Waals surface area contributed by atoms with Crippen LogP contribution in [0.2, 0.25) is 0 Å². The number of rotatable bonds is 67. The number of hydrogen-bond donors (Lipinski definition) is 12. The average molecular weight is 1650 g/mol. The number of carbonyl (C=O) groups is 8. The maximum absolute atomic E-state index is 14.2. The van der Waals surface area contributed by atoms with Gasteiger partial charge in [-0.15, -0.1) is 0 Å². The largest absolute Gasteiger partial charge is 0.394 e. The van der Waals surface area contributed by atoms with Gasteiger partial charge in [-0.1, -0.05) is 92.9 Å². The molecule has 0 aromatic carbocycles. The summed E-state index contributed by atoms with van der Waals surface area (Å²) in [4.78, 5) is 107. The smallest absolute Gasteiger partial charge is 0.222 e. The Morgan fingerprint density at radius 1 is 0.383 bits per heavy atom. The van der Waals surface area contributed by atoms with Gasteiger partial charge in [0.1, 0.15) is 65.5 Å². The van der Waals surface area contributed by atoms with Crippen molar-refractivity contribution in [3.05, 3.63) is 0 Å². The van der Waals surface area contributed by atoms with Crippen LogP contribution in [0.25, 0.3) is 0 Å². The molecule has 0 saturated carbocycles. The number of Topliss-reactive ketones (excluding diaryl/α,β-unsaturated/α-hetero) is 5. The first kappa shape index (κ1) is 103. The molecular weight excluding hydrogens is 1490 g/mol. The van der Waals surface area contributed by atoms with Crippen LogP contribution in [-0.4, -0.2) is 287 Å². The summed E-state index contributed by atoms with van der Waals surface area (Å²) >= 11 is 0. The molecule has 0 spiro atoms. The Bertz CT molecular complexity index is 2490. The van der Waals surface area contributed by atoms with E-state index in [2.05, 4.69) is 31.4 Å². The number of β-amino-alcohol motifs (C(OH)–C–C–N with tert-alkyl or cyclic N) is 1. The highest BCUT2D eigenvalue weighted by Crippen LogP contribution is 2.33. The van der Waals surface area contributed by atoms with Crippen molar-refractivity contribution < 1.29 is 132 Å². The Kier molecular flexibility index (Phi) is 52.9. The number of aliphatic hydroxyl groups is 10. The van der Waals surface area contributed by atoms with Crippen LogP contribution in [0.15, 0.2) is 0 Å². The Morgan fingerprint density at radius 2 is 0.704 bits per heavy atom. The third kappa shape index (κ3) is 42.4. The first-order valence-corrected chi connectivity index (χ1v) is 43.6. The summed E-state index contributed by atoms with van der Waals surface area (Å²) in [6, 6.07) is 0.0860. The third-order valence-electron chi connectivity index (χ3n) is 22.6. The van der Waals surface area contributed by atoms with E-state index in [4.69, 9.17) is 42.6 Å². The van der Waals surface area contributed by atoms with E-state index in [0.717, 1.165) is 57.8 Å². The summed E-state index contributed by atoms with van der Waals surface area (Å²) in [6.45, 7) is 12.0. The minimum absolute atomic E-state index is 0.00208. The summed E-state index contributed by atoms with van der Waals surface area (Å²) < 4.78 is 52.9. The summed E-state index contributed by atoms with van der Waals surface area (Å²) in [5, 5.41) is 106. The van der Waals surface area contributed by atoms with Gasteiger partial charge in [0.25, 0.3) is 0 Å². The number of hydrogen-bond acceptors (Lipinski definition) is 27. The van der Waals surface area contributed by atoms with Gasteiger partial charge in [-0.3, -0.25) is 38.4 Å². The molecule has 0 radical (unpaired) electrons. The average Bonchev–Trinajstić information content (AvgIpc) is 1.85. The van der Waals surface area contributed by atoms with Crippen molar-refractivity contribution in [2.24, 2.45) is 28.6 Å². The molecule has 30 heteroatoms. The van der Waals surface area contributed by atoms with E-state index in [1.807, 2.05) is 4.90 Å². The van der Waals surface area contributed by atoms with Crippen molar-refractivity contribution in [2.45, 2.75) is 365 Å². The lowest BCUT2D eigenvalue weighted by atomic mass is 9.83. The summed E-state index contributed by atoms with van der Waals surface area (Å²) in [5.74, 6) is -1.77. The molecule has 4 fully saturated rings. The van der Waals surface area contributed by atoms with Crippen molar-refractivity contribution in [2.75, 3.05) is 98.9 Å². The third-order valence-corrected chi connectivity index (χ3v) is 22.6. The molecule has 4 saturated heterocycles. The number of likely N-dealkylation sites (tertiary alicyclic amines) is 1. The Morgan fingerprint density at radius 3 is 1.09 bits per heavy atom. The highest BCUT2D eigenvalue weighted by atomic mass is 16.7. The molecule has 668 valence electrons. The van der Waals surface area contributed by atoms with Crippen LogP contribution >= 0.6 is 0 Å². The maximum Gasteiger partial charge on any atom is 0.222 e. The number of nitrogens with one attached hydrogen (secondary N) is 2. The van der Waals surface area contributed by atoms with Crippen molar-refractivity contribution >= 4 is 46.6 Å². The van der Waals surface area contributed by atoms with Crippen LogP contribution in [-0.2, 0) is 81.0 Å². The van der Waals surface area contributed by atoms with Crippen molar-refractivity contribution in [1.82, 2.24) is 15.5 Å². The zero-order valence-electron chi connectivity index (χ0n) is 70.4. The molecule has 0 aromatic heterocycles. The first-order valence-electron chi connectivity index (χ1n) is 43.6. The first-order chi connectivity index (χ1) is 55.0. The molecule has 15 unspecified atom stereocenters. The summed E-state index contributed by atoms with van der Waals surface area (Å²) in [7, 11) is 0. The fourth-order valence-corrected chi connectivity index (χ4v) is 15.0. The lowest BCUT2D eigenvalue weighted by Crippen LogP contribution is -2.55. The van der Waals surface area contributed by atoms with E-state index in [-0.39, 0.29) is 175 Å². The molecule has 12 N–H and O–H groups in total. The number of ketones is 5. The Balaban J connectivity index is 1.28. The molecule has 17 atom stereocenters. The number of carbonyl (C=O) groups excluding carboxylic acids is 8. The lowest BCUT2D eigenvalue weighted by molar-refractivity contribution is -0.282. The topological polar surface area (TPSA) is 449 Å². The van der Waals surface area contributed by atoms with Gasteiger partial charge in [-0.2, -0.15) is 0 Å². The van der Waals surface area contributed by atoms with Gasteiger partial charge in [0.15, 0.2) is 18.9 Å². The minimum Gasteiger partial charge on any atom is -0.394 e. The molecule has 0 aromatic rings. The molecule has 4 aliphatic heterocycles. The van der Waals surface area contributed by atoms with Gasteiger partial charge in [0, 0.05) is 152 Å². The second-order valence-electron chi connectivity index (χ2n) is 34.2. The van der Waals surface area contributed by atoms with Gasteiger partial charge in [0.2, 0.25) is 17.7 Å². The zero-order chi connectivity index (χ0) is 84.6. The molecule has 3 amide bonds. The number of amides is 3. The predicted octanol–water partition coefficient (Wildman–Crippen LogP) is 6.43. The Labute approximate surface area is 683 Å². The second-order valence-corrected chi connectivity index (χ2v) is 34.2. The number of ether oxygens (including phenoxy) is 9. The normalized spacial score (nSPS) is 26.4. The maximum atomic E-state index is 14.2. The minimum atomic E-state index is -1.23. The Hall–Kier alpha value is -4.00. The number of nitrogens with zero attached hydrogens (tertiary/aromatic N) is 1.